The first kappa shape index (κ1) is 16.0. The zero-order valence-corrected chi connectivity index (χ0v) is 13.5. The van der Waals surface area contributed by atoms with E-state index < -0.39 is 5.97 Å². The quantitative estimate of drug-likeness (QED) is 0.795. The second-order valence-corrected chi connectivity index (χ2v) is 6.78. The van der Waals surface area contributed by atoms with E-state index >= 15 is 0 Å². The van der Waals surface area contributed by atoms with E-state index in [1.165, 1.54) is 12.8 Å². The number of halogens is 1. The number of nitrogens with zero attached hydrogens (tertiary/aromatic N) is 3. The van der Waals surface area contributed by atoms with Crippen LogP contribution < -0.4 is 5.32 Å². The Balaban J connectivity index is 1.53. The molecule has 2 saturated carbocycles. The molecular weight excluding hydrogens is 316 g/mol. The van der Waals surface area contributed by atoms with Gasteiger partial charge >= 0.3 is 5.97 Å². The Hall–Kier alpha value is -1.84. The zero-order chi connectivity index (χ0) is 16.4. The summed E-state index contributed by atoms with van der Waals surface area (Å²) in [6.45, 7) is 1.01. The second-order valence-electron chi connectivity index (χ2n) is 6.37. The van der Waals surface area contributed by atoms with Gasteiger partial charge in [0.15, 0.2) is 5.69 Å². The highest BCUT2D eigenvalue weighted by Gasteiger charge is 2.37. The summed E-state index contributed by atoms with van der Waals surface area (Å²) in [5, 5.41) is 21.7. The average molecular weight is 335 g/mol. The van der Waals surface area contributed by atoms with E-state index in [1.807, 2.05) is 6.07 Å². The number of carbonyl (C=O) groups is 1. The van der Waals surface area contributed by atoms with Crippen LogP contribution >= 0.6 is 11.6 Å². The van der Waals surface area contributed by atoms with E-state index in [-0.39, 0.29) is 18.3 Å². The number of aliphatic carboxylic acids is 1. The molecule has 0 unspecified atom stereocenters. The fraction of sp³-hybridized carbons (Fsp3) is 0.562. The number of aromatic nitrogens is 1. The van der Waals surface area contributed by atoms with E-state index in [2.05, 4.69) is 15.2 Å². The number of hydrogen-bond donors (Lipinski definition) is 2. The Bertz CT molecular complexity index is 635. The van der Waals surface area contributed by atoms with Crippen LogP contribution in [-0.2, 0) is 4.79 Å². The van der Waals surface area contributed by atoms with Crippen LogP contribution in [0.15, 0.2) is 12.1 Å². The molecule has 0 saturated heterocycles. The SMILES string of the molecule is N#Cc1nc(NC2CC(N(CC(=O)O)CC3CC3)C2)ccc1Cl. The van der Waals surface area contributed by atoms with Crippen LogP contribution in [0.3, 0.4) is 0 Å². The van der Waals surface area contributed by atoms with Crippen molar-refractivity contribution in [3.05, 3.63) is 22.8 Å². The third kappa shape index (κ3) is 4.12. The topological polar surface area (TPSA) is 89.3 Å². The highest BCUT2D eigenvalue weighted by Crippen LogP contribution is 2.34. The van der Waals surface area contributed by atoms with Crippen molar-refractivity contribution in [2.24, 2.45) is 5.92 Å². The van der Waals surface area contributed by atoms with Gasteiger partial charge in [-0.05, 0) is 43.7 Å². The van der Waals surface area contributed by atoms with E-state index in [4.69, 9.17) is 22.0 Å². The maximum absolute atomic E-state index is 11.0. The molecule has 2 fully saturated rings. The van der Waals surface area contributed by atoms with Crippen molar-refractivity contribution < 1.29 is 9.90 Å². The highest BCUT2D eigenvalue weighted by molar-refractivity contribution is 6.31. The van der Waals surface area contributed by atoms with Crippen molar-refractivity contribution in [3.8, 4) is 6.07 Å². The molecule has 0 aromatic carbocycles. The molecule has 1 aromatic heterocycles. The molecule has 1 aromatic rings. The maximum atomic E-state index is 11.0. The summed E-state index contributed by atoms with van der Waals surface area (Å²) in [5.74, 6) is 0.555. The molecule has 3 rings (SSSR count). The Morgan fingerprint density at radius 1 is 1.48 bits per heavy atom. The Morgan fingerprint density at radius 2 is 2.22 bits per heavy atom. The van der Waals surface area contributed by atoms with Crippen LogP contribution in [0.1, 0.15) is 31.4 Å². The van der Waals surface area contributed by atoms with Crippen molar-refractivity contribution in [1.29, 1.82) is 5.26 Å². The lowest BCUT2D eigenvalue weighted by molar-refractivity contribution is -0.139. The number of nitrogens with one attached hydrogen (secondary N) is 1. The Morgan fingerprint density at radius 3 is 2.83 bits per heavy atom. The molecule has 0 bridgehead atoms. The van der Waals surface area contributed by atoms with Gasteiger partial charge in [-0.25, -0.2) is 4.98 Å². The first-order valence-corrected chi connectivity index (χ1v) is 8.22. The third-order valence-electron chi connectivity index (χ3n) is 4.46. The molecule has 2 aliphatic carbocycles. The minimum Gasteiger partial charge on any atom is -0.480 e. The Kier molecular flexibility index (Phi) is 4.69. The molecule has 0 spiro atoms. The van der Waals surface area contributed by atoms with E-state index in [0.717, 1.165) is 19.4 Å². The molecule has 7 heteroatoms. The zero-order valence-electron chi connectivity index (χ0n) is 12.7. The summed E-state index contributed by atoms with van der Waals surface area (Å²) < 4.78 is 0. The molecule has 23 heavy (non-hydrogen) atoms. The van der Waals surface area contributed by atoms with Crippen molar-refractivity contribution in [3.63, 3.8) is 0 Å². The number of carboxylic acid groups (broad SMARTS) is 1. The van der Waals surface area contributed by atoms with Crippen LogP contribution in [0, 0.1) is 17.2 Å². The van der Waals surface area contributed by atoms with E-state index in [0.29, 0.717) is 22.8 Å². The van der Waals surface area contributed by atoms with Gasteiger partial charge in [0.25, 0.3) is 0 Å². The average Bonchev–Trinajstić information content (AvgIpc) is 3.27. The second kappa shape index (κ2) is 6.73. The fourth-order valence-corrected chi connectivity index (χ4v) is 3.11. The summed E-state index contributed by atoms with van der Waals surface area (Å²) >= 11 is 5.87. The molecule has 0 atom stereocenters. The van der Waals surface area contributed by atoms with Crippen molar-refractivity contribution in [1.82, 2.24) is 9.88 Å². The summed E-state index contributed by atoms with van der Waals surface area (Å²) in [4.78, 5) is 17.3. The van der Waals surface area contributed by atoms with Crippen LogP contribution in [0.2, 0.25) is 5.02 Å². The Labute approximate surface area is 140 Å². The molecule has 6 nitrogen and oxygen atoms in total. The third-order valence-corrected chi connectivity index (χ3v) is 4.77. The first-order valence-electron chi connectivity index (χ1n) is 7.84. The number of rotatable bonds is 7. The maximum Gasteiger partial charge on any atom is 0.317 e. The number of nitriles is 1. The lowest BCUT2D eigenvalue weighted by Crippen LogP contribution is -2.52. The van der Waals surface area contributed by atoms with E-state index in [1.54, 1.807) is 12.1 Å². The van der Waals surface area contributed by atoms with Gasteiger partial charge in [0, 0.05) is 18.6 Å². The lowest BCUT2D eigenvalue weighted by Gasteiger charge is -2.43. The number of anilines is 1. The summed E-state index contributed by atoms with van der Waals surface area (Å²) in [5.41, 5.74) is 0.216. The van der Waals surface area contributed by atoms with Gasteiger partial charge < -0.3 is 10.4 Å². The van der Waals surface area contributed by atoms with Gasteiger partial charge in [-0.3, -0.25) is 9.69 Å². The van der Waals surface area contributed by atoms with Gasteiger partial charge in [0.2, 0.25) is 0 Å². The molecule has 2 N–H and O–H groups in total. The van der Waals surface area contributed by atoms with Gasteiger partial charge in [0.1, 0.15) is 11.9 Å². The first-order chi connectivity index (χ1) is 11.0. The lowest BCUT2D eigenvalue weighted by atomic mass is 9.85. The summed E-state index contributed by atoms with van der Waals surface area (Å²) in [6.07, 6.45) is 4.23. The molecular formula is C16H19ClN4O2. The minimum atomic E-state index is -0.764. The van der Waals surface area contributed by atoms with E-state index in [9.17, 15) is 4.79 Å². The largest absolute Gasteiger partial charge is 0.480 e. The van der Waals surface area contributed by atoms with Crippen molar-refractivity contribution in [2.75, 3.05) is 18.4 Å². The fourth-order valence-electron chi connectivity index (χ4n) is 2.96. The predicted molar refractivity (Wildman–Crippen MR) is 86.3 cm³/mol. The smallest absolute Gasteiger partial charge is 0.317 e. The van der Waals surface area contributed by atoms with Crippen molar-refractivity contribution in [2.45, 2.75) is 37.8 Å². The van der Waals surface area contributed by atoms with Crippen LogP contribution in [0.4, 0.5) is 5.82 Å². The van der Waals surface area contributed by atoms with Gasteiger partial charge in [-0.15, -0.1) is 0 Å². The standard InChI is InChI=1S/C16H19ClN4O2/c17-13-3-4-15(20-14(13)7-18)19-11-5-12(6-11)21(9-16(22)23)8-10-1-2-10/h3-4,10-12H,1-2,5-6,8-9H2,(H,19,20)(H,22,23). The molecule has 2 aliphatic rings. The molecule has 122 valence electrons. The summed E-state index contributed by atoms with van der Waals surface area (Å²) in [7, 11) is 0. The van der Waals surface area contributed by atoms with Crippen molar-refractivity contribution >= 4 is 23.4 Å². The van der Waals surface area contributed by atoms with Gasteiger partial charge in [-0.1, -0.05) is 11.6 Å². The summed E-state index contributed by atoms with van der Waals surface area (Å²) in [6, 6.07) is 5.96. The minimum absolute atomic E-state index is 0.117. The van der Waals surface area contributed by atoms with Gasteiger partial charge in [-0.2, -0.15) is 5.26 Å². The highest BCUT2D eigenvalue weighted by atomic mass is 35.5. The molecule has 0 aliphatic heterocycles. The van der Waals surface area contributed by atoms with Crippen LogP contribution in [0.25, 0.3) is 0 Å². The number of hydrogen-bond acceptors (Lipinski definition) is 5. The number of pyridine rings is 1. The van der Waals surface area contributed by atoms with Crippen LogP contribution in [0.5, 0.6) is 0 Å². The predicted octanol–water partition coefficient (Wildman–Crippen LogP) is 2.35. The molecule has 1 heterocycles. The normalized spacial score (nSPS) is 23.2. The monoisotopic (exact) mass is 334 g/mol. The molecule has 0 amide bonds. The van der Waals surface area contributed by atoms with Crippen LogP contribution in [-0.4, -0.2) is 46.1 Å². The number of carboxylic acids is 1. The van der Waals surface area contributed by atoms with Gasteiger partial charge in [0.05, 0.1) is 11.6 Å². The molecule has 0 radical (unpaired) electrons.